The van der Waals surface area contributed by atoms with E-state index in [1.54, 1.807) is 0 Å². The molecule has 21 heavy (non-hydrogen) atoms. The van der Waals surface area contributed by atoms with Crippen LogP contribution < -0.4 is 0 Å². The van der Waals surface area contributed by atoms with Gasteiger partial charge in [0, 0.05) is 25.7 Å². The van der Waals surface area contributed by atoms with Gasteiger partial charge in [0.2, 0.25) is 0 Å². The summed E-state index contributed by atoms with van der Waals surface area (Å²) in [5, 5.41) is 16.6. The number of β-amino-alcohol motifs (C(OH)–C–C–N with tert-alkyl or cyclic N) is 1. The highest BCUT2D eigenvalue weighted by Crippen LogP contribution is 2.23. The summed E-state index contributed by atoms with van der Waals surface area (Å²) in [7, 11) is 0. The van der Waals surface area contributed by atoms with Crippen molar-refractivity contribution in [3.8, 4) is 0 Å². The van der Waals surface area contributed by atoms with Gasteiger partial charge in [-0.2, -0.15) is 5.10 Å². The molecule has 3 rings (SSSR count). The number of halogens is 1. The topological polar surface area (TPSA) is 72.5 Å². The van der Waals surface area contributed by atoms with Crippen molar-refractivity contribution in [2.75, 3.05) is 26.2 Å². The van der Waals surface area contributed by atoms with Crippen LogP contribution in [-0.2, 0) is 0 Å². The van der Waals surface area contributed by atoms with Crippen LogP contribution in [0, 0.1) is 0 Å². The minimum Gasteiger partial charge on any atom is -0.392 e. The van der Waals surface area contributed by atoms with Gasteiger partial charge < -0.3 is 10.0 Å². The first kappa shape index (κ1) is 14.8. The average molecular weight is 313 g/mol. The van der Waals surface area contributed by atoms with Gasteiger partial charge in [-0.05, 0) is 32.2 Å². The first-order valence-corrected chi connectivity index (χ1v) is 7.93. The molecular formula is C14H21ClN4O2. The van der Waals surface area contributed by atoms with Crippen molar-refractivity contribution in [3.63, 3.8) is 0 Å². The Labute approximate surface area is 129 Å². The Kier molecular flexibility index (Phi) is 4.47. The van der Waals surface area contributed by atoms with Crippen LogP contribution in [0.15, 0.2) is 6.20 Å². The van der Waals surface area contributed by atoms with E-state index in [1.165, 1.54) is 6.20 Å². The number of amides is 1. The number of H-pyrrole nitrogens is 1. The maximum Gasteiger partial charge on any atom is 0.273 e. The van der Waals surface area contributed by atoms with E-state index >= 15 is 0 Å². The van der Waals surface area contributed by atoms with Crippen LogP contribution in [-0.4, -0.2) is 69.3 Å². The molecule has 1 aromatic rings. The summed E-state index contributed by atoms with van der Waals surface area (Å²) in [5.41, 5.74) is 0.378. The fourth-order valence-electron chi connectivity index (χ4n) is 3.33. The Balaban J connectivity index is 1.55. The zero-order valence-corrected chi connectivity index (χ0v) is 12.7. The predicted octanol–water partition coefficient (Wildman–Crippen LogP) is 1.12. The predicted molar refractivity (Wildman–Crippen MR) is 79.3 cm³/mol. The number of nitrogens with zero attached hydrogens (tertiary/aromatic N) is 3. The van der Waals surface area contributed by atoms with Crippen molar-refractivity contribution >= 4 is 17.5 Å². The molecule has 0 aliphatic carbocycles. The van der Waals surface area contributed by atoms with Gasteiger partial charge in [-0.25, -0.2) is 0 Å². The smallest absolute Gasteiger partial charge is 0.273 e. The van der Waals surface area contributed by atoms with Gasteiger partial charge in [-0.1, -0.05) is 11.6 Å². The van der Waals surface area contributed by atoms with Crippen molar-refractivity contribution in [2.45, 2.75) is 37.8 Å². The van der Waals surface area contributed by atoms with Crippen molar-refractivity contribution < 1.29 is 9.90 Å². The summed E-state index contributed by atoms with van der Waals surface area (Å²) in [6.07, 6.45) is 5.13. The van der Waals surface area contributed by atoms with Gasteiger partial charge in [0.05, 0.1) is 17.3 Å². The number of aliphatic hydroxyl groups is 1. The number of hydrogen-bond acceptors (Lipinski definition) is 4. The molecule has 0 radical (unpaired) electrons. The third kappa shape index (κ3) is 3.22. The van der Waals surface area contributed by atoms with Gasteiger partial charge in [0.15, 0.2) is 0 Å². The van der Waals surface area contributed by atoms with E-state index in [2.05, 4.69) is 15.1 Å². The van der Waals surface area contributed by atoms with Crippen molar-refractivity contribution in [1.82, 2.24) is 20.0 Å². The number of aromatic nitrogens is 2. The normalized spacial score (nSPS) is 25.2. The van der Waals surface area contributed by atoms with E-state index in [9.17, 15) is 9.90 Å². The lowest BCUT2D eigenvalue weighted by Crippen LogP contribution is -2.50. The van der Waals surface area contributed by atoms with Gasteiger partial charge in [-0.15, -0.1) is 0 Å². The Bertz CT molecular complexity index is 499. The summed E-state index contributed by atoms with van der Waals surface area (Å²) in [6.45, 7) is 3.28. The quantitative estimate of drug-likeness (QED) is 0.858. The molecule has 3 heterocycles. The van der Waals surface area contributed by atoms with Gasteiger partial charge in [0.1, 0.15) is 5.69 Å². The van der Waals surface area contributed by atoms with Crippen LogP contribution in [0.5, 0.6) is 0 Å². The summed E-state index contributed by atoms with van der Waals surface area (Å²) in [5.74, 6) is -0.0744. The van der Waals surface area contributed by atoms with Gasteiger partial charge >= 0.3 is 0 Å². The monoisotopic (exact) mass is 312 g/mol. The SMILES string of the molecule is O=C(c1[nH]ncc1Cl)N1CCC(N2CCCC(O)C2)CC1. The molecule has 116 valence electrons. The van der Waals surface area contributed by atoms with Crippen LogP contribution in [0.1, 0.15) is 36.2 Å². The molecule has 0 saturated carbocycles. The molecule has 0 spiro atoms. The van der Waals surface area contributed by atoms with E-state index in [0.29, 0.717) is 16.8 Å². The van der Waals surface area contributed by atoms with Crippen molar-refractivity contribution in [3.05, 3.63) is 16.9 Å². The maximum absolute atomic E-state index is 12.3. The number of aliphatic hydroxyl groups excluding tert-OH is 1. The molecule has 2 N–H and O–H groups in total. The molecule has 2 aliphatic heterocycles. The second-order valence-corrected chi connectivity index (χ2v) is 6.31. The lowest BCUT2D eigenvalue weighted by atomic mass is 9.99. The molecule has 1 amide bonds. The molecule has 2 aliphatic rings. The number of carbonyl (C=O) groups is 1. The number of piperidine rings is 2. The molecule has 2 fully saturated rings. The fourth-order valence-corrected chi connectivity index (χ4v) is 3.50. The Morgan fingerprint density at radius 1 is 1.33 bits per heavy atom. The van der Waals surface area contributed by atoms with Crippen LogP contribution in [0.4, 0.5) is 0 Å². The number of aromatic amines is 1. The minimum absolute atomic E-state index is 0.0744. The average Bonchev–Trinajstić information content (AvgIpc) is 2.93. The van der Waals surface area contributed by atoms with E-state index in [1.807, 2.05) is 4.90 Å². The largest absolute Gasteiger partial charge is 0.392 e. The van der Waals surface area contributed by atoms with Crippen molar-refractivity contribution in [1.29, 1.82) is 0 Å². The fraction of sp³-hybridized carbons (Fsp3) is 0.714. The van der Waals surface area contributed by atoms with Crippen LogP contribution in [0.2, 0.25) is 5.02 Å². The Morgan fingerprint density at radius 2 is 2.10 bits per heavy atom. The molecule has 0 bridgehead atoms. The molecule has 1 unspecified atom stereocenters. The third-order valence-corrected chi connectivity index (χ3v) is 4.79. The molecule has 2 saturated heterocycles. The highest BCUT2D eigenvalue weighted by atomic mass is 35.5. The van der Waals surface area contributed by atoms with E-state index < -0.39 is 0 Å². The number of rotatable bonds is 2. The van der Waals surface area contributed by atoms with Crippen molar-refractivity contribution in [2.24, 2.45) is 0 Å². The standard InChI is InChI=1S/C14H21ClN4O2/c15-12-8-16-17-13(12)14(21)18-6-3-10(4-7-18)19-5-1-2-11(20)9-19/h8,10-11,20H,1-7,9H2,(H,16,17). The molecule has 1 atom stereocenters. The van der Waals surface area contributed by atoms with Gasteiger partial charge in [-0.3, -0.25) is 14.8 Å². The second kappa shape index (κ2) is 6.34. The van der Waals surface area contributed by atoms with Gasteiger partial charge in [0.25, 0.3) is 5.91 Å². The summed E-state index contributed by atoms with van der Waals surface area (Å²) in [4.78, 5) is 16.5. The van der Waals surface area contributed by atoms with Crippen LogP contribution in [0.25, 0.3) is 0 Å². The first-order chi connectivity index (χ1) is 10.1. The summed E-state index contributed by atoms with van der Waals surface area (Å²) >= 11 is 5.94. The highest BCUT2D eigenvalue weighted by molar-refractivity contribution is 6.33. The van der Waals surface area contributed by atoms with E-state index in [0.717, 1.165) is 51.9 Å². The van der Waals surface area contributed by atoms with E-state index in [4.69, 9.17) is 11.6 Å². The Hall–Kier alpha value is -1.11. The zero-order valence-electron chi connectivity index (χ0n) is 12.0. The second-order valence-electron chi connectivity index (χ2n) is 5.91. The minimum atomic E-state index is -0.192. The highest BCUT2D eigenvalue weighted by Gasteiger charge is 2.30. The van der Waals surface area contributed by atoms with E-state index in [-0.39, 0.29) is 12.0 Å². The third-order valence-electron chi connectivity index (χ3n) is 4.50. The molecular weight excluding hydrogens is 292 g/mol. The lowest BCUT2D eigenvalue weighted by molar-refractivity contribution is 0.0239. The maximum atomic E-state index is 12.3. The lowest BCUT2D eigenvalue weighted by Gasteiger charge is -2.41. The molecule has 6 nitrogen and oxygen atoms in total. The number of nitrogens with one attached hydrogen (secondary N) is 1. The van der Waals surface area contributed by atoms with Crippen LogP contribution >= 0.6 is 11.6 Å². The van der Waals surface area contributed by atoms with Crippen LogP contribution in [0.3, 0.4) is 0 Å². The number of hydrogen-bond donors (Lipinski definition) is 2. The zero-order chi connectivity index (χ0) is 14.8. The molecule has 0 aromatic carbocycles. The molecule has 7 heteroatoms. The molecule has 1 aromatic heterocycles. The number of likely N-dealkylation sites (tertiary alicyclic amines) is 2. The first-order valence-electron chi connectivity index (χ1n) is 7.55. The summed E-state index contributed by atoms with van der Waals surface area (Å²) in [6, 6.07) is 0.473. The summed E-state index contributed by atoms with van der Waals surface area (Å²) < 4.78 is 0. The number of carbonyl (C=O) groups excluding carboxylic acids is 1. The Morgan fingerprint density at radius 3 is 2.71 bits per heavy atom.